The van der Waals surface area contributed by atoms with E-state index in [2.05, 4.69) is 33.6 Å². The van der Waals surface area contributed by atoms with Crippen LogP contribution in [0.25, 0.3) is 11.4 Å². The van der Waals surface area contributed by atoms with Crippen LogP contribution in [0.2, 0.25) is 0 Å². The van der Waals surface area contributed by atoms with Crippen LogP contribution in [-0.2, 0) is 0 Å². The molecule has 18 heavy (non-hydrogen) atoms. The number of pyridine rings is 2. The van der Waals surface area contributed by atoms with Crippen molar-refractivity contribution < 1.29 is 0 Å². The molecule has 2 heteroatoms. The fourth-order valence-electron chi connectivity index (χ4n) is 1.49. The van der Waals surface area contributed by atoms with E-state index >= 15 is 0 Å². The SMILES string of the molecule is CC#CC#Cc1ccnc(-c2cc(C)ccn2)c1. The molecule has 0 bridgehead atoms. The monoisotopic (exact) mass is 232 g/mol. The third-order valence-corrected chi connectivity index (χ3v) is 2.33. The number of aryl methyl sites for hydroxylation is 1. The molecule has 0 aliphatic carbocycles. The summed E-state index contributed by atoms with van der Waals surface area (Å²) in [5.41, 5.74) is 3.75. The molecule has 2 aromatic heterocycles. The smallest absolute Gasteiger partial charge is 0.0898 e. The van der Waals surface area contributed by atoms with E-state index in [1.165, 1.54) is 0 Å². The van der Waals surface area contributed by atoms with Crippen LogP contribution in [0.5, 0.6) is 0 Å². The van der Waals surface area contributed by atoms with Gasteiger partial charge in [0.25, 0.3) is 0 Å². The zero-order valence-corrected chi connectivity index (χ0v) is 10.4. The van der Waals surface area contributed by atoms with Crippen LogP contribution < -0.4 is 0 Å². The molecule has 2 rings (SSSR count). The van der Waals surface area contributed by atoms with Crippen LogP contribution in [0, 0.1) is 30.6 Å². The van der Waals surface area contributed by atoms with Gasteiger partial charge in [-0.05, 0) is 55.5 Å². The average Bonchev–Trinajstić information content (AvgIpc) is 2.39. The maximum Gasteiger partial charge on any atom is 0.0898 e. The van der Waals surface area contributed by atoms with E-state index in [0.29, 0.717) is 0 Å². The number of aromatic nitrogens is 2. The molecule has 0 saturated carbocycles. The third kappa shape index (κ3) is 2.97. The van der Waals surface area contributed by atoms with Gasteiger partial charge >= 0.3 is 0 Å². The summed E-state index contributed by atoms with van der Waals surface area (Å²) in [4.78, 5) is 8.62. The summed E-state index contributed by atoms with van der Waals surface area (Å²) < 4.78 is 0. The molecule has 2 heterocycles. The fourth-order valence-corrected chi connectivity index (χ4v) is 1.49. The maximum absolute atomic E-state index is 4.31. The Morgan fingerprint density at radius 1 is 0.944 bits per heavy atom. The van der Waals surface area contributed by atoms with E-state index in [9.17, 15) is 0 Å². The van der Waals surface area contributed by atoms with Crippen molar-refractivity contribution in [1.82, 2.24) is 9.97 Å². The van der Waals surface area contributed by atoms with E-state index in [1.807, 2.05) is 31.2 Å². The molecule has 0 unspecified atom stereocenters. The van der Waals surface area contributed by atoms with Crippen molar-refractivity contribution in [1.29, 1.82) is 0 Å². The van der Waals surface area contributed by atoms with Gasteiger partial charge < -0.3 is 0 Å². The zero-order valence-electron chi connectivity index (χ0n) is 10.4. The Morgan fingerprint density at radius 2 is 1.67 bits per heavy atom. The summed E-state index contributed by atoms with van der Waals surface area (Å²) >= 11 is 0. The Labute approximate surface area is 107 Å². The molecule has 0 atom stereocenters. The van der Waals surface area contributed by atoms with Crippen LogP contribution in [0.1, 0.15) is 18.1 Å². The van der Waals surface area contributed by atoms with Gasteiger partial charge in [0.1, 0.15) is 0 Å². The largest absolute Gasteiger partial charge is 0.255 e. The first-order chi connectivity index (χ1) is 8.79. The lowest BCUT2D eigenvalue weighted by molar-refractivity contribution is 1.22. The molecule has 0 aliphatic heterocycles. The summed E-state index contributed by atoms with van der Waals surface area (Å²) in [7, 11) is 0. The van der Waals surface area contributed by atoms with Gasteiger partial charge in [0, 0.05) is 18.0 Å². The van der Waals surface area contributed by atoms with Crippen LogP contribution in [0.3, 0.4) is 0 Å². The second kappa shape index (κ2) is 5.66. The highest BCUT2D eigenvalue weighted by atomic mass is 14.8. The molecular formula is C16H12N2. The number of hydrogen-bond acceptors (Lipinski definition) is 2. The van der Waals surface area contributed by atoms with Crippen molar-refractivity contribution in [3.05, 3.63) is 47.8 Å². The molecule has 2 nitrogen and oxygen atoms in total. The Hall–Kier alpha value is -2.58. The normalized spacial score (nSPS) is 8.78. The molecule has 0 radical (unpaired) electrons. The minimum absolute atomic E-state index is 0.829. The number of nitrogens with zero attached hydrogens (tertiary/aromatic N) is 2. The van der Waals surface area contributed by atoms with E-state index in [-0.39, 0.29) is 0 Å². The van der Waals surface area contributed by atoms with Crippen LogP contribution in [0.15, 0.2) is 36.7 Å². The molecule has 0 aliphatic rings. The lowest BCUT2D eigenvalue weighted by Gasteiger charge is -2.01. The fraction of sp³-hybridized carbons (Fsp3) is 0.125. The maximum atomic E-state index is 4.31. The Kier molecular flexibility index (Phi) is 3.74. The molecule has 0 aromatic carbocycles. The Bertz CT molecular complexity index is 679. The predicted molar refractivity (Wildman–Crippen MR) is 72.5 cm³/mol. The van der Waals surface area contributed by atoms with E-state index in [4.69, 9.17) is 0 Å². The molecular weight excluding hydrogens is 220 g/mol. The molecule has 86 valence electrons. The van der Waals surface area contributed by atoms with Crippen molar-refractivity contribution in [2.45, 2.75) is 13.8 Å². The second-order valence-electron chi connectivity index (χ2n) is 3.77. The van der Waals surface area contributed by atoms with Gasteiger partial charge in [0.05, 0.1) is 11.4 Å². The van der Waals surface area contributed by atoms with Gasteiger partial charge in [0.15, 0.2) is 0 Å². The molecule has 0 saturated heterocycles. The van der Waals surface area contributed by atoms with Crippen molar-refractivity contribution in [2.24, 2.45) is 0 Å². The van der Waals surface area contributed by atoms with Crippen LogP contribution in [0.4, 0.5) is 0 Å². The Morgan fingerprint density at radius 3 is 2.39 bits per heavy atom. The molecule has 0 fully saturated rings. The summed E-state index contributed by atoms with van der Waals surface area (Å²) in [5.74, 6) is 11.2. The van der Waals surface area contributed by atoms with Crippen molar-refractivity contribution >= 4 is 0 Å². The summed E-state index contributed by atoms with van der Waals surface area (Å²) in [6, 6.07) is 7.76. The van der Waals surface area contributed by atoms with Gasteiger partial charge in [-0.1, -0.05) is 11.8 Å². The standard InChI is InChI=1S/C16H12N2/c1-3-4-5-6-14-8-10-18-16(12-14)15-11-13(2)7-9-17-15/h7-12H,1-2H3. The lowest BCUT2D eigenvalue weighted by atomic mass is 10.1. The highest BCUT2D eigenvalue weighted by molar-refractivity contribution is 5.57. The molecule has 0 spiro atoms. The number of hydrogen-bond donors (Lipinski definition) is 0. The van der Waals surface area contributed by atoms with Crippen molar-refractivity contribution in [2.75, 3.05) is 0 Å². The predicted octanol–water partition coefficient (Wildman–Crippen LogP) is 2.83. The minimum Gasteiger partial charge on any atom is -0.255 e. The van der Waals surface area contributed by atoms with Gasteiger partial charge in [-0.15, -0.1) is 0 Å². The topological polar surface area (TPSA) is 25.8 Å². The summed E-state index contributed by atoms with van der Waals surface area (Å²) in [5, 5.41) is 0. The number of rotatable bonds is 1. The van der Waals surface area contributed by atoms with Crippen molar-refractivity contribution in [3.63, 3.8) is 0 Å². The van der Waals surface area contributed by atoms with Gasteiger partial charge in [-0.25, -0.2) is 0 Å². The first-order valence-corrected chi connectivity index (χ1v) is 5.61. The lowest BCUT2D eigenvalue weighted by Crippen LogP contribution is -1.88. The van der Waals surface area contributed by atoms with E-state index < -0.39 is 0 Å². The first kappa shape index (κ1) is 11.9. The highest BCUT2D eigenvalue weighted by Gasteiger charge is 2.01. The average molecular weight is 232 g/mol. The summed E-state index contributed by atoms with van der Waals surface area (Å²) in [6.45, 7) is 3.80. The molecule has 0 N–H and O–H groups in total. The molecule has 0 amide bonds. The van der Waals surface area contributed by atoms with E-state index in [0.717, 1.165) is 22.5 Å². The summed E-state index contributed by atoms with van der Waals surface area (Å²) in [6.07, 6.45) is 3.52. The Balaban J connectivity index is 2.38. The third-order valence-electron chi connectivity index (χ3n) is 2.33. The highest BCUT2D eigenvalue weighted by Crippen LogP contribution is 2.15. The van der Waals surface area contributed by atoms with Gasteiger partial charge in [-0.2, -0.15) is 0 Å². The van der Waals surface area contributed by atoms with Crippen LogP contribution in [-0.4, -0.2) is 9.97 Å². The van der Waals surface area contributed by atoms with Crippen LogP contribution >= 0.6 is 0 Å². The van der Waals surface area contributed by atoms with Gasteiger partial charge in [0.2, 0.25) is 0 Å². The first-order valence-electron chi connectivity index (χ1n) is 5.61. The zero-order chi connectivity index (χ0) is 12.8. The quantitative estimate of drug-likeness (QED) is 0.706. The van der Waals surface area contributed by atoms with E-state index in [1.54, 1.807) is 19.3 Å². The molecule has 2 aromatic rings. The minimum atomic E-state index is 0.829. The second-order valence-corrected chi connectivity index (χ2v) is 3.77. The van der Waals surface area contributed by atoms with Gasteiger partial charge in [-0.3, -0.25) is 9.97 Å². The van der Waals surface area contributed by atoms with Crippen molar-refractivity contribution in [3.8, 4) is 35.1 Å².